The van der Waals surface area contributed by atoms with Crippen molar-refractivity contribution in [1.82, 2.24) is 4.31 Å². The van der Waals surface area contributed by atoms with Crippen molar-refractivity contribution >= 4 is 37.3 Å². The zero-order valence-electron chi connectivity index (χ0n) is 8.15. The topological polar surface area (TPSA) is 37.4 Å². The number of rotatable bonds is 2. The average Bonchev–Trinajstić information content (AvgIpc) is 2.67. The van der Waals surface area contributed by atoms with E-state index in [2.05, 4.69) is 15.9 Å². The molecule has 0 unspecified atom stereocenters. The van der Waals surface area contributed by atoms with Crippen LogP contribution in [0, 0.1) is 0 Å². The van der Waals surface area contributed by atoms with Crippen molar-refractivity contribution in [2.24, 2.45) is 0 Å². The number of sulfonamides is 1. The maximum atomic E-state index is 12.1. The van der Waals surface area contributed by atoms with Gasteiger partial charge in [-0.1, -0.05) is 6.42 Å². The predicted molar refractivity (Wildman–Crippen MR) is 64.6 cm³/mol. The zero-order valence-corrected chi connectivity index (χ0v) is 11.4. The van der Waals surface area contributed by atoms with Crippen LogP contribution in [0.5, 0.6) is 0 Å². The van der Waals surface area contributed by atoms with Crippen LogP contribution < -0.4 is 0 Å². The van der Waals surface area contributed by atoms with E-state index in [9.17, 15) is 8.42 Å². The number of thiophene rings is 1. The average molecular weight is 310 g/mol. The van der Waals surface area contributed by atoms with Gasteiger partial charge in [-0.15, -0.1) is 11.3 Å². The molecule has 0 radical (unpaired) electrons. The monoisotopic (exact) mass is 309 g/mol. The molecule has 0 saturated carbocycles. The van der Waals surface area contributed by atoms with Gasteiger partial charge in [-0.05, 0) is 34.8 Å². The third kappa shape index (κ3) is 2.43. The summed E-state index contributed by atoms with van der Waals surface area (Å²) in [5.41, 5.74) is 0. The number of halogens is 1. The zero-order chi connectivity index (χ0) is 10.9. The Morgan fingerprint density at radius 3 is 2.47 bits per heavy atom. The minimum atomic E-state index is -3.22. The van der Waals surface area contributed by atoms with Crippen LogP contribution in [0.3, 0.4) is 0 Å². The van der Waals surface area contributed by atoms with Crippen LogP contribution in [-0.2, 0) is 10.0 Å². The lowest BCUT2D eigenvalue weighted by Crippen LogP contribution is -2.35. The molecule has 1 fully saturated rings. The first-order valence-electron chi connectivity index (χ1n) is 4.85. The number of piperidine rings is 1. The number of nitrogens with zero attached hydrogens (tertiary/aromatic N) is 1. The summed E-state index contributed by atoms with van der Waals surface area (Å²) in [7, 11) is -3.22. The largest absolute Gasteiger partial charge is 0.252 e. The summed E-state index contributed by atoms with van der Waals surface area (Å²) >= 11 is 4.55. The van der Waals surface area contributed by atoms with Crippen LogP contribution in [-0.4, -0.2) is 25.8 Å². The van der Waals surface area contributed by atoms with Crippen molar-refractivity contribution < 1.29 is 8.42 Å². The summed E-state index contributed by atoms with van der Waals surface area (Å²) in [6, 6.07) is 1.68. The van der Waals surface area contributed by atoms with E-state index in [4.69, 9.17) is 0 Å². The Morgan fingerprint density at radius 1 is 1.27 bits per heavy atom. The van der Waals surface area contributed by atoms with Crippen LogP contribution in [0.15, 0.2) is 20.1 Å². The molecule has 2 heterocycles. The molecule has 2 rings (SSSR count). The summed E-state index contributed by atoms with van der Waals surface area (Å²) in [4.78, 5) is 0. The van der Waals surface area contributed by atoms with Crippen LogP contribution in [0.1, 0.15) is 19.3 Å². The van der Waals surface area contributed by atoms with Crippen molar-refractivity contribution in [2.45, 2.75) is 23.5 Å². The highest BCUT2D eigenvalue weighted by Gasteiger charge is 2.26. The fraction of sp³-hybridized carbons (Fsp3) is 0.556. The van der Waals surface area contributed by atoms with Crippen molar-refractivity contribution in [3.63, 3.8) is 0 Å². The molecule has 15 heavy (non-hydrogen) atoms. The molecule has 84 valence electrons. The first-order chi connectivity index (χ1) is 7.10. The van der Waals surface area contributed by atoms with Gasteiger partial charge in [0.05, 0.1) is 0 Å². The van der Waals surface area contributed by atoms with Gasteiger partial charge in [-0.25, -0.2) is 8.42 Å². The van der Waals surface area contributed by atoms with Gasteiger partial charge >= 0.3 is 0 Å². The Balaban J connectivity index is 2.26. The van der Waals surface area contributed by atoms with E-state index in [1.807, 2.05) is 0 Å². The molecule has 0 amide bonds. The Morgan fingerprint density at radius 2 is 1.93 bits per heavy atom. The molecule has 0 aliphatic carbocycles. The lowest BCUT2D eigenvalue weighted by atomic mass is 10.2. The van der Waals surface area contributed by atoms with Crippen LogP contribution in [0.25, 0.3) is 0 Å². The Labute approximate surface area is 102 Å². The minimum absolute atomic E-state index is 0.441. The van der Waals surface area contributed by atoms with Gasteiger partial charge in [0.1, 0.15) is 4.21 Å². The van der Waals surface area contributed by atoms with E-state index in [0.29, 0.717) is 17.3 Å². The van der Waals surface area contributed by atoms with Gasteiger partial charge in [-0.2, -0.15) is 4.31 Å². The normalized spacial score (nSPS) is 19.3. The second kappa shape index (κ2) is 4.53. The van der Waals surface area contributed by atoms with Crippen LogP contribution in [0.4, 0.5) is 0 Å². The van der Waals surface area contributed by atoms with E-state index < -0.39 is 10.0 Å². The van der Waals surface area contributed by atoms with E-state index in [-0.39, 0.29) is 0 Å². The Bertz CT molecular complexity index is 435. The summed E-state index contributed by atoms with van der Waals surface area (Å²) in [5.74, 6) is 0. The molecular weight excluding hydrogens is 298 g/mol. The van der Waals surface area contributed by atoms with Gasteiger partial charge in [0.25, 0.3) is 10.0 Å². The highest BCUT2D eigenvalue weighted by molar-refractivity contribution is 9.10. The van der Waals surface area contributed by atoms with E-state index in [1.54, 1.807) is 15.8 Å². The molecule has 0 atom stereocenters. The Hall–Kier alpha value is 0.0900. The molecule has 0 aromatic carbocycles. The molecule has 1 saturated heterocycles. The molecule has 0 spiro atoms. The smallest absolute Gasteiger partial charge is 0.206 e. The van der Waals surface area contributed by atoms with Gasteiger partial charge in [0, 0.05) is 22.9 Å². The summed E-state index contributed by atoms with van der Waals surface area (Å²) in [6.45, 7) is 1.33. The summed E-state index contributed by atoms with van der Waals surface area (Å²) in [6.07, 6.45) is 3.09. The van der Waals surface area contributed by atoms with Gasteiger partial charge in [-0.3, -0.25) is 0 Å². The molecule has 1 aromatic heterocycles. The fourth-order valence-corrected chi connectivity index (χ4v) is 5.18. The molecule has 0 bridgehead atoms. The molecule has 0 N–H and O–H groups in total. The maximum Gasteiger partial charge on any atom is 0.252 e. The quantitative estimate of drug-likeness (QED) is 0.842. The third-order valence-corrected chi connectivity index (χ3v) is 6.53. The lowest BCUT2D eigenvalue weighted by Gasteiger charge is -2.24. The van der Waals surface area contributed by atoms with E-state index in [1.165, 1.54) is 11.3 Å². The summed E-state index contributed by atoms with van der Waals surface area (Å²) < 4.78 is 27.1. The molecular formula is C9H12BrNO2S2. The number of hydrogen-bond acceptors (Lipinski definition) is 3. The van der Waals surface area contributed by atoms with Crippen molar-refractivity contribution in [1.29, 1.82) is 0 Å². The molecule has 1 aromatic rings. The standard InChI is InChI=1S/C9H12BrNO2S2/c10-8-6-9(14-7-8)15(12,13)11-4-2-1-3-5-11/h6-7H,1-5H2. The molecule has 1 aliphatic rings. The highest BCUT2D eigenvalue weighted by atomic mass is 79.9. The van der Waals surface area contributed by atoms with Crippen LogP contribution >= 0.6 is 27.3 Å². The highest BCUT2D eigenvalue weighted by Crippen LogP contribution is 2.28. The first kappa shape index (κ1) is 11.6. The van der Waals surface area contributed by atoms with E-state index in [0.717, 1.165) is 23.7 Å². The van der Waals surface area contributed by atoms with Crippen molar-refractivity contribution in [2.75, 3.05) is 13.1 Å². The predicted octanol–water partition coefficient (Wildman–Crippen LogP) is 2.69. The first-order valence-corrected chi connectivity index (χ1v) is 7.96. The SMILES string of the molecule is O=S(=O)(c1cc(Br)cs1)N1CCCCC1. The summed E-state index contributed by atoms with van der Waals surface area (Å²) in [5, 5.41) is 1.80. The third-order valence-electron chi connectivity index (χ3n) is 2.45. The minimum Gasteiger partial charge on any atom is -0.206 e. The Kier molecular flexibility index (Phi) is 3.49. The van der Waals surface area contributed by atoms with Gasteiger partial charge in [0.2, 0.25) is 0 Å². The fourth-order valence-electron chi connectivity index (χ4n) is 1.66. The second-order valence-corrected chi connectivity index (χ2v) is 7.54. The molecule has 1 aliphatic heterocycles. The van der Waals surface area contributed by atoms with Gasteiger partial charge < -0.3 is 0 Å². The maximum absolute atomic E-state index is 12.1. The van der Waals surface area contributed by atoms with Gasteiger partial charge in [0.15, 0.2) is 0 Å². The van der Waals surface area contributed by atoms with Crippen LogP contribution in [0.2, 0.25) is 0 Å². The van der Waals surface area contributed by atoms with E-state index >= 15 is 0 Å². The van der Waals surface area contributed by atoms with Crippen molar-refractivity contribution in [3.05, 3.63) is 15.9 Å². The molecule has 6 heteroatoms. The second-order valence-electron chi connectivity index (χ2n) is 3.55. The lowest BCUT2D eigenvalue weighted by molar-refractivity contribution is 0.347. The molecule has 3 nitrogen and oxygen atoms in total. The van der Waals surface area contributed by atoms with Crippen molar-refractivity contribution in [3.8, 4) is 0 Å². The number of hydrogen-bond donors (Lipinski definition) is 0.